The van der Waals surface area contributed by atoms with Gasteiger partial charge in [0.05, 0.1) is 5.38 Å². The molecule has 1 aromatic carbocycles. The Bertz CT molecular complexity index is 443. The van der Waals surface area contributed by atoms with Crippen LogP contribution in [-0.2, 0) is 0 Å². The maximum Gasteiger partial charge on any atom is 0.254 e. The van der Waals surface area contributed by atoms with Crippen LogP contribution in [0.15, 0.2) is 18.2 Å². The Morgan fingerprint density at radius 3 is 2.78 bits per heavy atom. The normalized spacial score (nSPS) is 24.1. The molecule has 0 spiro atoms. The highest BCUT2D eigenvalue weighted by Crippen LogP contribution is 2.23. The molecule has 1 aliphatic rings. The zero-order chi connectivity index (χ0) is 13.3. The van der Waals surface area contributed by atoms with Crippen molar-refractivity contribution in [2.75, 3.05) is 13.1 Å². The molecular weight excluding hydrogens is 253 g/mol. The Balaban J connectivity index is 2.16. The molecule has 4 heteroatoms. The molecule has 1 saturated heterocycles. The third-order valence-corrected chi connectivity index (χ3v) is 4.01. The predicted molar refractivity (Wildman–Crippen MR) is 70.5 cm³/mol. The van der Waals surface area contributed by atoms with Crippen molar-refractivity contribution in [3.63, 3.8) is 0 Å². The van der Waals surface area contributed by atoms with E-state index in [4.69, 9.17) is 11.6 Å². The lowest BCUT2D eigenvalue weighted by Crippen LogP contribution is -2.43. The molecule has 0 aliphatic carbocycles. The summed E-state index contributed by atoms with van der Waals surface area (Å²) in [5.41, 5.74) is 1.16. The molecule has 1 aliphatic heterocycles. The number of hydrogen-bond donors (Lipinski definition) is 0. The number of hydrogen-bond acceptors (Lipinski definition) is 1. The molecule has 0 radical (unpaired) electrons. The Kier molecular flexibility index (Phi) is 3.91. The van der Waals surface area contributed by atoms with E-state index in [-0.39, 0.29) is 17.1 Å². The van der Waals surface area contributed by atoms with Crippen LogP contribution >= 0.6 is 11.6 Å². The number of aryl methyl sites for hydroxylation is 1. The maximum absolute atomic E-state index is 13.3. The summed E-state index contributed by atoms with van der Waals surface area (Å²) in [6.45, 7) is 5.10. The van der Waals surface area contributed by atoms with Crippen molar-refractivity contribution in [3.8, 4) is 0 Å². The van der Waals surface area contributed by atoms with Crippen molar-refractivity contribution in [3.05, 3.63) is 35.1 Å². The van der Waals surface area contributed by atoms with Gasteiger partial charge in [0, 0.05) is 18.7 Å². The summed E-state index contributed by atoms with van der Waals surface area (Å²) in [7, 11) is 0. The van der Waals surface area contributed by atoms with E-state index in [2.05, 4.69) is 6.92 Å². The second-order valence-electron chi connectivity index (χ2n) is 5.05. The van der Waals surface area contributed by atoms with Gasteiger partial charge in [-0.25, -0.2) is 4.39 Å². The Hall–Kier alpha value is -1.09. The summed E-state index contributed by atoms with van der Waals surface area (Å²) >= 11 is 6.19. The molecule has 1 heterocycles. The number of halogens is 2. The number of amides is 1. The Labute approximate surface area is 112 Å². The Morgan fingerprint density at radius 2 is 2.17 bits per heavy atom. The quantitative estimate of drug-likeness (QED) is 0.717. The molecule has 18 heavy (non-hydrogen) atoms. The first-order chi connectivity index (χ1) is 8.47. The smallest absolute Gasteiger partial charge is 0.254 e. The van der Waals surface area contributed by atoms with E-state index in [1.165, 1.54) is 12.1 Å². The molecule has 2 atom stereocenters. The van der Waals surface area contributed by atoms with Crippen LogP contribution in [-0.4, -0.2) is 29.3 Å². The van der Waals surface area contributed by atoms with Crippen molar-refractivity contribution in [1.29, 1.82) is 0 Å². The average molecular weight is 270 g/mol. The molecule has 1 aromatic rings. The minimum atomic E-state index is -0.369. The van der Waals surface area contributed by atoms with Gasteiger partial charge in [-0.1, -0.05) is 6.92 Å². The minimum Gasteiger partial charge on any atom is -0.337 e. The number of carbonyl (C=O) groups is 1. The number of rotatable bonds is 1. The van der Waals surface area contributed by atoms with Gasteiger partial charge in [0.2, 0.25) is 0 Å². The highest BCUT2D eigenvalue weighted by molar-refractivity contribution is 6.21. The van der Waals surface area contributed by atoms with Crippen LogP contribution in [0.3, 0.4) is 0 Å². The number of likely N-dealkylation sites (tertiary alicyclic amines) is 1. The Morgan fingerprint density at radius 1 is 1.44 bits per heavy atom. The van der Waals surface area contributed by atoms with E-state index in [0.29, 0.717) is 24.6 Å². The number of benzene rings is 1. The standard InChI is InChI=1S/C14H17ClFNO/c1-9-5-11(7-12(16)6-9)14(18)17-4-3-10(2)13(15)8-17/h5-7,10,13H,3-4,8H2,1-2H3. The molecule has 0 N–H and O–H groups in total. The molecule has 0 aromatic heterocycles. The van der Waals surface area contributed by atoms with Crippen molar-refractivity contribution in [2.24, 2.45) is 5.92 Å². The van der Waals surface area contributed by atoms with E-state index >= 15 is 0 Å². The second-order valence-corrected chi connectivity index (χ2v) is 5.61. The number of carbonyl (C=O) groups excluding carboxylic acids is 1. The van der Waals surface area contributed by atoms with Crippen molar-refractivity contribution < 1.29 is 9.18 Å². The zero-order valence-electron chi connectivity index (χ0n) is 10.6. The monoisotopic (exact) mass is 269 g/mol. The lowest BCUT2D eigenvalue weighted by atomic mass is 9.98. The summed E-state index contributed by atoms with van der Waals surface area (Å²) in [5, 5.41) is -0.0163. The van der Waals surface area contributed by atoms with E-state index < -0.39 is 0 Å². The van der Waals surface area contributed by atoms with Gasteiger partial charge >= 0.3 is 0 Å². The lowest BCUT2D eigenvalue weighted by Gasteiger charge is -2.34. The van der Waals surface area contributed by atoms with Crippen LogP contribution in [0.5, 0.6) is 0 Å². The van der Waals surface area contributed by atoms with Gasteiger partial charge in [-0.2, -0.15) is 0 Å². The van der Waals surface area contributed by atoms with Crippen LogP contribution in [0.25, 0.3) is 0 Å². The molecule has 2 rings (SSSR count). The summed E-state index contributed by atoms with van der Waals surface area (Å²) in [4.78, 5) is 14.0. The largest absolute Gasteiger partial charge is 0.337 e. The third kappa shape index (κ3) is 2.83. The number of piperidine rings is 1. The summed E-state index contributed by atoms with van der Waals surface area (Å²) < 4.78 is 13.3. The van der Waals surface area contributed by atoms with Gasteiger partial charge in [-0.15, -0.1) is 11.6 Å². The fraction of sp³-hybridized carbons (Fsp3) is 0.500. The van der Waals surface area contributed by atoms with Gasteiger partial charge < -0.3 is 4.90 Å². The molecule has 1 amide bonds. The lowest BCUT2D eigenvalue weighted by molar-refractivity contribution is 0.0701. The SMILES string of the molecule is Cc1cc(F)cc(C(=O)N2CCC(C)C(Cl)C2)c1. The van der Waals surface area contributed by atoms with Crippen LogP contribution in [0.2, 0.25) is 0 Å². The number of nitrogens with zero attached hydrogens (tertiary/aromatic N) is 1. The highest BCUT2D eigenvalue weighted by Gasteiger charge is 2.28. The van der Waals surface area contributed by atoms with Crippen molar-refractivity contribution in [2.45, 2.75) is 25.6 Å². The molecule has 2 nitrogen and oxygen atoms in total. The van der Waals surface area contributed by atoms with E-state index in [0.717, 1.165) is 12.0 Å². The van der Waals surface area contributed by atoms with Crippen LogP contribution < -0.4 is 0 Å². The molecule has 0 bridgehead atoms. The van der Waals surface area contributed by atoms with Crippen LogP contribution in [0.1, 0.15) is 29.3 Å². The topological polar surface area (TPSA) is 20.3 Å². The molecule has 0 saturated carbocycles. The highest BCUT2D eigenvalue weighted by atomic mass is 35.5. The van der Waals surface area contributed by atoms with E-state index in [9.17, 15) is 9.18 Å². The molecule has 2 unspecified atom stereocenters. The van der Waals surface area contributed by atoms with Gasteiger partial charge in [0.1, 0.15) is 5.82 Å². The minimum absolute atomic E-state index is 0.0163. The van der Waals surface area contributed by atoms with Crippen molar-refractivity contribution in [1.82, 2.24) is 4.90 Å². The fourth-order valence-electron chi connectivity index (χ4n) is 2.25. The maximum atomic E-state index is 13.3. The molecule has 1 fully saturated rings. The van der Waals surface area contributed by atoms with E-state index in [1.54, 1.807) is 17.9 Å². The fourth-order valence-corrected chi connectivity index (χ4v) is 2.54. The predicted octanol–water partition coefficient (Wildman–Crippen LogP) is 3.22. The number of alkyl halides is 1. The van der Waals surface area contributed by atoms with Crippen molar-refractivity contribution >= 4 is 17.5 Å². The van der Waals surface area contributed by atoms with Crippen LogP contribution in [0, 0.1) is 18.7 Å². The summed E-state index contributed by atoms with van der Waals surface area (Å²) in [5.74, 6) is -0.0775. The average Bonchev–Trinajstić information content (AvgIpc) is 2.30. The third-order valence-electron chi connectivity index (χ3n) is 3.44. The first-order valence-electron chi connectivity index (χ1n) is 6.18. The molecule has 98 valence electrons. The van der Waals surface area contributed by atoms with E-state index in [1.807, 2.05) is 0 Å². The second kappa shape index (κ2) is 5.27. The summed E-state index contributed by atoms with van der Waals surface area (Å²) in [6, 6.07) is 4.42. The van der Waals surface area contributed by atoms with Gasteiger partial charge in [0.25, 0.3) is 5.91 Å². The van der Waals surface area contributed by atoms with Gasteiger partial charge in [-0.05, 0) is 43.0 Å². The zero-order valence-corrected chi connectivity index (χ0v) is 11.4. The molecular formula is C14H17ClFNO. The van der Waals surface area contributed by atoms with Crippen LogP contribution in [0.4, 0.5) is 4.39 Å². The van der Waals surface area contributed by atoms with Gasteiger partial charge in [0.15, 0.2) is 0 Å². The van der Waals surface area contributed by atoms with Gasteiger partial charge in [-0.3, -0.25) is 4.79 Å². The first-order valence-corrected chi connectivity index (χ1v) is 6.61. The summed E-state index contributed by atoms with van der Waals surface area (Å²) in [6.07, 6.45) is 0.897. The first kappa shape index (κ1) is 13.3.